The molecule has 0 spiro atoms. The van der Waals surface area contributed by atoms with E-state index in [9.17, 15) is 10.1 Å². The van der Waals surface area contributed by atoms with Gasteiger partial charge in [0.1, 0.15) is 0 Å². The summed E-state index contributed by atoms with van der Waals surface area (Å²) in [4.78, 5) is 12.3. The number of halogens is 1. The number of nitrogens with zero attached hydrogens (tertiary/aromatic N) is 2. The van der Waals surface area contributed by atoms with E-state index in [4.69, 9.17) is 11.6 Å². The van der Waals surface area contributed by atoms with Gasteiger partial charge in [-0.25, -0.2) is 0 Å². The van der Waals surface area contributed by atoms with Gasteiger partial charge in [-0.3, -0.25) is 10.1 Å². The van der Waals surface area contributed by atoms with E-state index in [1.165, 1.54) is 12.1 Å². The minimum Gasteiger partial charge on any atom is -0.373 e. The molecule has 0 radical (unpaired) electrons. The molecule has 0 bridgehead atoms. The fourth-order valence-corrected chi connectivity index (χ4v) is 2.79. The van der Waals surface area contributed by atoms with Crippen molar-refractivity contribution in [3.63, 3.8) is 0 Å². The van der Waals surface area contributed by atoms with Crippen molar-refractivity contribution in [2.75, 3.05) is 31.6 Å². The molecule has 5 nitrogen and oxygen atoms in total. The zero-order chi connectivity index (χ0) is 13.8. The second-order valence-electron chi connectivity index (χ2n) is 4.97. The fourth-order valence-electron chi connectivity index (χ4n) is 2.47. The number of nitro benzene ring substituents is 1. The molecule has 1 aromatic rings. The summed E-state index contributed by atoms with van der Waals surface area (Å²) in [5.41, 5.74) is 0.884. The zero-order valence-electron chi connectivity index (χ0n) is 10.9. The van der Waals surface area contributed by atoms with Crippen LogP contribution in [0.15, 0.2) is 18.2 Å². The van der Waals surface area contributed by atoms with Gasteiger partial charge in [-0.1, -0.05) is 11.6 Å². The molecule has 0 aliphatic carbocycles. The van der Waals surface area contributed by atoms with E-state index in [1.807, 2.05) is 7.05 Å². The van der Waals surface area contributed by atoms with Crippen LogP contribution in [0.4, 0.5) is 11.4 Å². The van der Waals surface area contributed by atoms with Crippen LogP contribution in [-0.2, 0) is 0 Å². The Bertz CT molecular complexity index is 461. The zero-order valence-corrected chi connectivity index (χ0v) is 11.7. The quantitative estimate of drug-likeness (QED) is 0.682. The Balaban J connectivity index is 2.05. The Kier molecular flexibility index (Phi) is 4.61. The van der Waals surface area contributed by atoms with E-state index in [2.05, 4.69) is 10.2 Å². The van der Waals surface area contributed by atoms with Gasteiger partial charge in [-0.2, -0.15) is 0 Å². The van der Waals surface area contributed by atoms with Crippen molar-refractivity contribution < 1.29 is 4.92 Å². The summed E-state index contributed by atoms with van der Waals surface area (Å²) in [6.07, 6.45) is 2.32. The number of benzene rings is 1. The van der Waals surface area contributed by atoms with Crippen molar-refractivity contribution in [1.82, 2.24) is 5.32 Å². The van der Waals surface area contributed by atoms with E-state index in [1.54, 1.807) is 6.07 Å². The van der Waals surface area contributed by atoms with Crippen LogP contribution in [0, 0.1) is 16.0 Å². The predicted octanol–water partition coefficient (Wildman–Crippen LogP) is 2.68. The Morgan fingerprint density at radius 1 is 1.47 bits per heavy atom. The Labute approximate surface area is 117 Å². The normalized spacial score (nSPS) is 16.3. The van der Waals surface area contributed by atoms with Crippen LogP contribution in [0.25, 0.3) is 0 Å². The second kappa shape index (κ2) is 6.21. The summed E-state index contributed by atoms with van der Waals surface area (Å²) >= 11 is 6.13. The lowest BCUT2D eigenvalue weighted by molar-refractivity contribution is -0.384. The van der Waals surface area contributed by atoms with E-state index < -0.39 is 4.92 Å². The lowest BCUT2D eigenvalue weighted by Crippen LogP contribution is -2.34. The topological polar surface area (TPSA) is 58.4 Å². The van der Waals surface area contributed by atoms with Gasteiger partial charge in [0, 0.05) is 25.7 Å². The van der Waals surface area contributed by atoms with Gasteiger partial charge in [-0.15, -0.1) is 0 Å². The van der Waals surface area contributed by atoms with Crippen LogP contribution in [0.2, 0.25) is 5.02 Å². The molecule has 1 aliphatic heterocycles. The van der Waals surface area contributed by atoms with Crippen molar-refractivity contribution in [1.29, 1.82) is 0 Å². The lowest BCUT2D eigenvalue weighted by atomic mass is 9.97. The van der Waals surface area contributed by atoms with Gasteiger partial charge in [0.15, 0.2) is 0 Å². The van der Waals surface area contributed by atoms with Crippen molar-refractivity contribution in [3.8, 4) is 0 Å². The maximum Gasteiger partial charge on any atom is 0.271 e. The maximum atomic E-state index is 10.7. The van der Waals surface area contributed by atoms with Gasteiger partial charge in [-0.05, 0) is 37.9 Å². The molecular weight excluding hydrogens is 266 g/mol. The summed E-state index contributed by atoms with van der Waals surface area (Å²) in [6.45, 7) is 3.05. The van der Waals surface area contributed by atoms with Gasteiger partial charge in [0.25, 0.3) is 5.69 Å². The highest BCUT2D eigenvalue weighted by Gasteiger charge is 2.17. The molecule has 0 unspecified atom stereocenters. The summed E-state index contributed by atoms with van der Waals surface area (Å²) < 4.78 is 0. The van der Waals surface area contributed by atoms with E-state index >= 15 is 0 Å². The molecule has 1 N–H and O–H groups in total. The first-order chi connectivity index (χ1) is 9.08. The highest BCUT2D eigenvalue weighted by Crippen LogP contribution is 2.30. The van der Waals surface area contributed by atoms with Crippen LogP contribution in [0.1, 0.15) is 12.8 Å². The summed E-state index contributed by atoms with van der Waals surface area (Å²) in [7, 11) is 1.98. The third kappa shape index (κ3) is 3.58. The van der Waals surface area contributed by atoms with E-state index in [0.717, 1.165) is 38.2 Å². The third-order valence-electron chi connectivity index (χ3n) is 3.54. The molecule has 0 amide bonds. The third-order valence-corrected chi connectivity index (χ3v) is 3.85. The molecule has 1 saturated heterocycles. The molecule has 0 atom stereocenters. The SMILES string of the molecule is CN(CC1CCNCC1)c1ccc([N+](=O)[O-])cc1Cl. The second-order valence-corrected chi connectivity index (χ2v) is 5.37. The molecule has 0 aromatic heterocycles. The van der Waals surface area contributed by atoms with E-state index in [0.29, 0.717) is 10.9 Å². The van der Waals surface area contributed by atoms with Crippen LogP contribution in [-0.4, -0.2) is 31.6 Å². The highest BCUT2D eigenvalue weighted by atomic mass is 35.5. The van der Waals surface area contributed by atoms with Crippen LogP contribution in [0.3, 0.4) is 0 Å². The highest BCUT2D eigenvalue weighted by molar-refractivity contribution is 6.33. The standard InChI is InChI=1S/C13H18ClN3O2/c1-16(9-10-4-6-15-7-5-10)13-3-2-11(17(18)19)8-12(13)14/h2-3,8,10,15H,4-7,9H2,1H3. The van der Waals surface area contributed by atoms with Gasteiger partial charge in [0.2, 0.25) is 0 Å². The molecule has 19 heavy (non-hydrogen) atoms. The van der Waals surface area contributed by atoms with Crippen molar-refractivity contribution in [2.24, 2.45) is 5.92 Å². The molecule has 1 aromatic carbocycles. The summed E-state index contributed by atoms with van der Waals surface area (Å²) in [6, 6.07) is 4.64. The Morgan fingerprint density at radius 3 is 2.74 bits per heavy atom. The van der Waals surface area contributed by atoms with E-state index in [-0.39, 0.29) is 5.69 Å². The first kappa shape index (κ1) is 14.1. The smallest absolute Gasteiger partial charge is 0.271 e. The largest absolute Gasteiger partial charge is 0.373 e. The average Bonchev–Trinajstić information content (AvgIpc) is 2.39. The van der Waals surface area contributed by atoms with Crippen molar-refractivity contribution >= 4 is 23.0 Å². The predicted molar refractivity (Wildman–Crippen MR) is 77.0 cm³/mol. The number of nitrogens with one attached hydrogen (secondary N) is 1. The monoisotopic (exact) mass is 283 g/mol. The first-order valence-corrected chi connectivity index (χ1v) is 6.81. The number of anilines is 1. The number of hydrogen-bond donors (Lipinski definition) is 1. The minimum absolute atomic E-state index is 0.0315. The molecule has 1 heterocycles. The summed E-state index contributed by atoms with van der Waals surface area (Å²) in [5, 5.41) is 14.5. The molecule has 1 aliphatic rings. The molecule has 104 valence electrons. The first-order valence-electron chi connectivity index (χ1n) is 6.43. The Morgan fingerprint density at radius 2 is 2.16 bits per heavy atom. The van der Waals surface area contributed by atoms with Gasteiger partial charge >= 0.3 is 0 Å². The summed E-state index contributed by atoms with van der Waals surface area (Å²) in [5.74, 6) is 0.650. The van der Waals surface area contributed by atoms with Crippen molar-refractivity contribution in [2.45, 2.75) is 12.8 Å². The average molecular weight is 284 g/mol. The molecular formula is C13H18ClN3O2. The fraction of sp³-hybridized carbons (Fsp3) is 0.538. The van der Waals surface area contributed by atoms with Crippen LogP contribution >= 0.6 is 11.6 Å². The van der Waals surface area contributed by atoms with Crippen LogP contribution < -0.4 is 10.2 Å². The number of non-ortho nitro benzene ring substituents is 1. The lowest BCUT2D eigenvalue weighted by Gasteiger charge is -2.29. The number of hydrogen-bond acceptors (Lipinski definition) is 4. The van der Waals surface area contributed by atoms with Gasteiger partial charge < -0.3 is 10.2 Å². The van der Waals surface area contributed by atoms with Gasteiger partial charge in [0.05, 0.1) is 15.6 Å². The molecule has 1 fully saturated rings. The Hall–Kier alpha value is -1.33. The number of nitro groups is 1. The minimum atomic E-state index is -0.428. The van der Waals surface area contributed by atoms with Crippen LogP contribution in [0.5, 0.6) is 0 Å². The van der Waals surface area contributed by atoms with Crippen molar-refractivity contribution in [3.05, 3.63) is 33.3 Å². The maximum absolute atomic E-state index is 10.7. The molecule has 0 saturated carbocycles. The number of rotatable bonds is 4. The molecule has 2 rings (SSSR count). The number of piperidine rings is 1. The molecule has 6 heteroatoms.